The smallest absolute Gasteiger partial charge is 0.338 e. The summed E-state index contributed by atoms with van der Waals surface area (Å²) >= 11 is 0. The number of carbonyl (C=O) groups is 1. The van der Waals surface area contributed by atoms with Crippen LogP contribution in [0.2, 0.25) is 0 Å². The summed E-state index contributed by atoms with van der Waals surface area (Å²) in [7, 11) is 1.65. The van der Waals surface area contributed by atoms with E-state index in [0.29, 0.717) is 12.2 Å². The predicted octanol–water partition coefficient (Wildman–Crippen LogP) is 9.06. The van der Waals surface area contributed by atoms with Gasteiger partial charge < -0.3 is 18.9 Å². The first-order chi connectivity index (χ1) is 20.5. The summed E-state index contributed by atoms with van der Waals surface area (Å²) in [6.07, 6.45) is 12.0. The van der Waals surface area contributed by atoms with Crippen molar-refractivity contribution in [3.05, 3.63) is 65.7 Å². The van der Waals surface area contributed by atoms with Crippen molar-refractivity contribution in [3.8, 4) is 16.9 Å². The van der Waals surface area contributed by atoms with Crippen molar-refractivity contribution < 1.29 is 23.7 Å². The van der Waals surface area contributed by atoms with Gasteiger partial charge in [-0.3, -0.25) is 0 Å². The van der Waals surface area contributed by atoms with E-state index in [0.717, 1.165) is 47.3 Å². The minimum absolute atomic E-state index is 0.162. The molecule has 0 amide bonds. The lowest BCUT2D eigenvalue weighted by molar-refractivity contribution is -0.150. The van der Waals surface area contributed by atoms with Gasteiger partial charge in [-0.1, -0.05) is 56.5 Å². The van der Waals surface area contributed by atoms with Crippen LogP contribution in [-0.4, -0.2) is 32.8 Å². The molecule has 4 saturated carbocycles. The first kappa shape index (κ1) is 29.2. The fourth-order valence-corrected chi connectivity index (χ4v) is 8.35. The summed E-state index contributed by atoms with van der Waals surface area (Å²) in [4.78, 5) is 12.6. The Labute approximate surface area is 250 Å². The van der Waals surface area contributed by atoms with E-state index in [-0.39, 0.29) is 24.5 Å². The van der Waals surface area contributed by atoms with Gasteiger partial charge in [0, 0.05) is 12.7 Å². The van der Waals surface area contributed by atoms with Crippen molar-refractivity contribution in [2.24, 2.45) is 17.8 Å². The average molecular weight is 571 g/mol. The molecule has 5 heteroatoms. The molecule has 5 nitrogen and oxygen atoms in total. The van der Waals surface area contributed by atoms with E-state index >= 15 is 0 Å². The van der Waals surface area contributed by atoms with Crippen LogP contribution in [0.4, 0.5) is 0 Å². The predicted molar refractivity (Wildman–Crippen MR) is 167 cm³/mol. The number of unbranched alkanes of at least 4 members (excludes halogenated alkanes) is 3. The lowest BCUT2D eigenvalue weighted by Crippen LogP contribution is -2.48. The van der Waals surface area contributed by atoms with Gasteiger partial charge in [0.2, 0.25) is 0 Å². The van der Waals surface area contributed by atoms with Crippen molar-refractivity contribution in [2.45, 2.75) is 89.8 Å². The topological polar surface area (TPSA) is 54.0 Å². The molecule has 4 fully saturated rings. The van der Waals surface area contributed by atoms with E-state index < -0.39 is 0 Å². The Bertz CT molecular complexity index is 1340. The third-order valence-corrected chi connectivity index (χ3v) is 10.1. The normalized spacial score (nSPS) is 25.1. The van der Waals surface area contributed by atoms with Crippen LogP contribution in [-0.2, 0) is 19.6 Å². The second kappa shape index (κ2) is 12.8. The number of ether oxygens (including phenoxy) is 4. The second-order valence-corrected chi connectivity index (χ2v) is 13.1. The highest BCUT2D eigenvalue weighted by atomic mass is 16.7. The molecule has 0 N–H and O–H groups in total. The fourth-order valence-electron chi connectivity index (χ4n) is 8.35. The fraction of sp³-hybridized carbons (Fsp3) is 0.541. The summed E-state index contributed by atoms with van der Waals surface area (Å²) < 4.78 is 23.0. The number of fused-ring (bicyclic) bond motifs is 1. The van der Waals surface area contributed by atoms with E-state index in [1.54, 1.807) is 7.11 Å². The minimum atomic E-state index is -0.318. The largest absolute Gasteiger partial charge is 0.467 e. The lowest BCUT2D eigenvalue weighted by Gasteiger charge is -2.57. The standard InChI is InChI=1S/C37H46O5/c1-4-5-6-7-15-40-36(38)30-13-11-29(12-14-30)32-10-8-9-31-19-35(42-24-41-25(2)39-3)34(20-33(31)32)37-21-26-16-27(22-37)18-28(17-26)23-37/h8-14,19-20,25-28H,4-7,15-18,21-24H2,1-3H3. The van der Waals surface area contributed by atoms with Crippen molar-refractivity contribution in [2.75, 3.05) is 20.5 Å². The van der Waals surface area contributed by atoms with Crippen LogP contribution in [0.1, 0.15) is 94.0 Å². The van der Waals surface area contributed by atoms with Crippen molar-refractivity contribution in [1.29, 1.82) is 0 Å². The zero-order valence-electron chi connectivity index (χ0n) is 25.5. The Morgan fingerprint density at radius 1 is 0.929 bits per heavy atom. The summed E-state index contributed by atoms with van der Waals surface area (Å²) in [5, 5.41) is 2.37. The van der Waals surface area contributed by atoms with Crippen molar-refractivity contribution in [3.63, 3.8) is 0 Å². The van der Waals surface area contributed by atoms with Gasteiger partial charge in [0.05, 0.1) is 12.2 Å². The number of methoxy groups -OCH3 is 1. The Hall–Kier alpha value is -2.89. The number of benzene rings is 3. The van der Waals surface area contributed by atoms with E-state index in [1.807, 2.05) is 19.1 Å². The maximum Gasteiger partial charge on any atom is 0.338 e. The molecule has 0 saturated heterocycles. The van der Waals surface area contributed by atoms with Gasteiger partial charge in [0.25, 0.3) is 0 Å². The molecule has 3 aromatic carbocycles. The first-order valence-corrected chi connectivity index (χ1v) is 16.1. The van der Waals surface area contributed by atoms with E-state index in [4.69, 9.17) is 18.9 Å². The number of rotatable bonds is 13. The summed E-state index contributed by atoms with van der Waals surface area (Å²) in [5.74, 6) is 3.20. The highest BCUT2D eigenvalue weighted by Gasteiger charge is 2.52. The molecule has 0 aromatic heterocycles. The van der Waals surface area contributed by atoms with Crippen molar-refractivity contribution >= 4 is 16.7 Å². The van der Waals surface area contributed by atoms with Gasteiger partial charge in [-0.25, -0.2) is 4.79 Å². The quantitative estimate of drug-likeness (QED) is 0.117. The third kappa shape index (κ3) is 6.09. The van der Waals surface area contributed by atoms with Crippen LogP contribution in [0.5, 0.6) is 5.75 Å². The Kier molecular flexibility index (Phi) is 8.88. The van der Waals surface area contributed by atoms with Gasteiger partial charge in [-0.2, -0.15) is 0 Å². The lowest BCUT2D eigenvalue weighted by atomic mass is 9.48. The summed E-state index contributed by atoms with van der Waals surface area (Å²) in [5.41, 5.74) is 4.39. The SMILES string of the molecule is CCCCCCOC(=O)c1ccc(-c2cccc3cc(OCOC(C)OC)c(C45CC6CC(CC(C6)C4)C5)cc23)cc1. The van der Waals surface area contributed by atoms with Gasteiger partial charge in [0.1, 0.15) is 5.75 Å². The number of esters is 1. The number of carbonyl (C=O) groups excluding carboxylic acids is 1. The summed E-state index contributed by atoms with van der Waals surface area (Å²) in [6.45, 7) is 4.71. The van der Waals surface area contributed by atoms with Gasteiger partial charge >= 0.3 is 5.97 Å². The molecular weight excluding hydrogens is 524 g/mol. The molecule has 0 spiro atoms. The van der Waals surface area contributed by atoms with Crippen LogP contribution in [0.15, 0.2) is 54.6 Å². The second-order valence-electron chi connectivity index (χ2n) is 13.1. The van der Waals surface area contributed by atoms with Gasteiger partial charge in [-0.05, 0) is 121 Å². The highest BCUT2D eigenvalue weighted by Crippen LogP contribution is 2.62. The monoisotopic (exact) mass is 570 g/mol. The van der Waals surface area contributed by atoms with E-state index in [9.17, 15) is 4.79 Å². The molecule has 0 heterocycles. The van der Waals surface area contributed by atoms with Gasteiger partial charge in [0.15, 0.2) is 13.1 Å². The Morgan fingerprint density at radius 2 is 1.64 bits per heavy atom. The highest BCUT2D eigenvalue weighted by molar-refractivity contribution is 5.99. The minimum Gasteiger partial charge on any atom is -0.467 e. The molecule has 224 valence electrons. The molecule has 42 heavy (non-hydrogen) atoms. The summed E-state index contributed by atoms with van der Waals surface area (Å²) in [6, 6.07) is 19.0. The molecule has 7 rings (SSSR count). The van der Waals surface area contributed by atoms with Crippen LogP contribution in [0.25, 0.3) is 21.9 Å². The Balaban J connectivity index is 1.31. The van der Waals surface area contributed by atoms with Crippen LogP contribution in [0.3, 0.4) is 0 Å². The van der Waals surface area contributed by atoms with E-state index in [2.05, 4.69) is 49.4 Å². The molecule has 0 aliphatic heterocycles. The molecule has 4 aliphatic rings. The average Bonchev–Trinajstić information content (AvgIpc) is 2.99. The molecule has 4 bridgehead atoms. The molecule has 1 atom stereocenters. The maximum atomic E-state index is 12.6. The molecule has 1 unspecified atom stereocenters. The molecule has 4 aliphatic carbocycles. The molecule has 0 radical (unpaired) electrons. The van der Waals surface area contributed by atoms with Gasteiger partial charge in [-0.15, -0.1) is 0 Å². The Morgan fingerprint density at radius 3 is 2.31 bits per heavy atom. The molecular formula is C37H46O5. The van der Waals surface area contributed by atoms with Crippen LogP contribution >= 0.6 is 0 Å². The van der Waals surface area contributed by atoms with Crippen molar-refractivity contribution in [1.82, 2.24) is 0 Å². The van der Waals surface area contributed by atoms with Crippen LogP contribution < -0.4 is 4.74 Å². The number of hydrogen-bond donors (Lipinski definition) is 0. The molecule has 3 aromatic rings. The number of hydrogen-bond acceptors (Lipinski definition) is 5. The maximum absolute atomic E-state index is 12.6. The van der Waals surface area contributed by atoms with Crippen LogP contribution in [0, 0.1) is 17.8 Å². The zero-order chi connectivity index (χ0) is 29.1. The first-order valence-electron chi connectivity index (χ1n) is 16.1. The zero-order valence-corrected chi connectivity index (χ0v) is 25.5. The third-order valence-electron chi connectivity index (χ3n) is 10.1. The van der Waals surface area contributed by atoms with E-state index in [1.165, 1.54) is 67.9 Å².